The number of rotatable bonds is 2. The van der Waals surface area contributed by atoms with Crippen molar-refractivity contribution in [1.82, 2.24) is 14.9 Å². The second kappa shape index (κ2) is 4.23. The number of imidazole rings is 1. The van der Waals surface area contributed by atoms with Crippen molar-refractivity contribution >= 4 is 17.5 Å². The van der Waals surface area contributed by atoms with Crippen LogP contribution in [0.1, 0.15) is 29.8 Å². The van der Waals surface area contributed by atoms with Crippen molar-refractivity contribution in [1.29, 1.82) is 0 Å². The molecule has 1 aromatic rings. The second-order valence-corrected chi connectivity index (χ2v) is 4.51. The van der Waals surface area contributed by atoms with E-state index in [0.29, 0.717) is 5.69 Å². The van der Waals surface area contributed by atoms with E-state index in [9.17, 15) is 4.79 Å². The monoisotopic (exact) mass is 227 g/mol. The third kappa shape index (κ3) is 2.31. The standard InChI is InChI=1S/C10H14ClN3O/c1-14-5-9(12-6-14)10(15)13-8-4-2-3-7(8)11/h5-8H,2-4H2,1H3,(H,13,15). The Morgan fingerprint density at radius 2 is 2.47 bits per heavy atom. The Labute approximate surface area is 93.6 Å². The number of hydrogen-bond acceptors (Lipinski definition) is 2. The van der Waals surface area contributed by atoms with Crippen molar-refractivity contribution in [3.63, 3.8) is 0 Å². The van der Waals surface area contributed by atoms with Crippen LogP contribution in [0.25, 0.3) is 0 Å². The lowest BCUT2D eigenvalue weighted by molar-refractivity contribution is 0.0933. The first-order chi connectivity index (χ1) is 7.16. The Bertz CT molecular complexity index is 363. The summed E-state index contributed by atoms with van der Waals surface area (Å²) in [5.41, 5.74) is 0.452. The van der Waals surface area contributed by atoms with Crippen molar-refractivity contribution in [3.05, 3.63) is 18.2 Å². The predicted octanol–water partition coefficient (Wildman–Crippen LogP) is 1.31. The molecule has 2 unspecified atom stereocenters. The van der Waals surface area contributed by atoms with E-state index < -0.39 is 0 Å². The van der Waals surface area contributed by atoms with E-state index in [1.165, 1.54) is 0 Å². The van der Waals surface area contributed by atoms with E-state index >= 15 is 0 Å². The normalized spacial score (nSPS) is 25.5. The number of aryl methyl sites for hydroxylation is 1. The van der Waals surface area contributed by atoms with Gasteiger partial charge >= 0.3 is 0 Å². The molecule has 1 aliphatic rings. The van der Waals surface area contributed by atoms with Crippen molar-refractivity contribution in [3.8, 4) is 0 Å². The van der Waals surface area contributed by atoms with Crippen molar-refractivity contribution in [2.24, 2.45) is 7.05 Å². The fourth-order valence-electron chi connectivity index (χ4n) is 1.85. The third-order valence-electron chi connectivity index (χ3n) is 2.69. The first-order valence-electron chi connectivity index (χ1n) is 5.09. The van der Waals surface area contributed by atoms with E-state index in [1.807, 2.05) is 7.05 Å². The quantitative estimate of drug-likeness (QED) is 0.775. The molecule has 0 bridgehead atoms. The van der Waals surface area contributed by atoms with Crippen LogP contribution in [0.3, 0.4) is 0 Å². The van der Waals surface area contributed by atoms with E-state index in [-0.39, 0.29) is 17.3 Å². The fraction of sp³-hybridized carbons (Fsp3) is 0.600. The van der Waals surface area contributed by atoms with Gasteiger partial charge in [0.05, 0.1) is 11.7 Å². The van der Waals surface area contributed by atoms with Crippen LogP contribution in [0.2, 0.25) is 0 Å². The average Bonchev–Trinajstić information content (AvgIpc) is 2.77. The SMILES string of the molecule is Cn1cnc(C(=O)NC2CCCC2Cl)c1. The molecule has 0 saturated heterocycles. The summed E-state index contributed by atoms with van der Waals surface area (Å²) in [6.45, 7) is 0. The molecular formula is C10H14ClN3O. The van der Waals surface area contributed by atoms with Crippen LogP contribution < -0.4 is 5.32 Å². The summed E-state index contributed by atoms with van der Waals surface area (Å²) in [5.74, 6) is -0.131. The minimum Gasteiger partial charge on any atom is -0.346 e. The Balaban J connectivity index is 1.97. The summed E-state index contributed by atoms with van der Waals surface area (Å²) in [5, 5.41) is 2.98. The molecule has 1 aromatic heterocycles. The minimum atomic E-state index is -0.131. The maximum absolute atomic E-state index is 11.7. The Hall–Kier alpha value is -1.03. The molecule has 1 fully saturated rings. The number of nitrogens with one attached hydrogen (secondary N) is 1. The molecule has 1 N–H and O–H groups in total. The summed E-state index contributed by atoms with van der Waals surface area (Å²) in [7, 11) is 1.84. The van der Waals surface area contributed by atoms with Crippen LogP contribution in [-0.2, 0) is 7.05 Å². The van der Waals surface area contributed by atoms with Gasteiger partial charge in [0.25, 0.3) is 5.91 Å². The fourth-order valence-corrected chi connectivity index (χ4v) is 2.19. The molecule has 4 nitrogen and oxygen atoms in total. The first-order valence-corrected chi connectivity index (χ1v) is 5.53. The van der Waals surface area contributed by atoms with Crippen molar-refractivity contribution in [2.45, 2.75) is 30.7 Å². The van der Waals surface area contributed by atoms with Gasteiger partial charge < -0.3 is 9.88 Å². The molecule has 15 heavy (non-hydrogen) atoms. The number of halogens is 1. The van der Waals surface area contributed by atoms with Gasteiger partial charge in [-0.2, -0.15) is 0 Å². The number of carbonyl (C=O) groups is 1. The van der Waals surface area contributed by atoms with Gasteiger partial charge in [-0.25, -0.2) is 4.98 Å². The van der Waals surface area contributed by atoms with Gasteiger partial charge in [-0.05, 0) is 19.3 Å². The zero-order chi connectivity index (χ0) is 10.8. The van der Waals surface area contributed by atoms with Crippen LogP contribution >= 0.6 is 11.6 Å². The maximum Gasteiger partial charge on any atom is 0.271 e. The van der Waals surface area contributed by atoms with Crippen LogP contribution in [0.5, 0.6) is 0 Å². The topological polar surface area (TPSA) is 46.9 Å². The van der Waals surface area contributed by atoms with Crippen LogP contribution in [-0.4, -0.2) is 26.9 Å². The lowest BCUT2D eigenvalue weighted by Gasteiger charge is -2.14. The summed E-state index contributed by atoms with van der Waals surface area (Å²) in [6.07, 6.45) is 6.35. The summed E-state index contributed by atoms with van der Waals surface area (Å²) >= 11 is 6.07. The zero-order valence-electron chi connectivity index (χ0n) is 8.61. The molecule has 1 aliphatic carbocycles. The van der Waals surface area contributed by atoms with E-state index in [2.05, 4.69) is 10.3 Å². The molecule has 5 heteroatoms. The van der Waals surface area contributed by atoms with Crippen LogP contribution in [0.15, 0.2) is 12.5 Å². The summed E-state index contributed by atoms with van der Waals surface area (Å²) < 4.78 is 1.75. The zero-order valence-corrected chi connectivity index (χ0v) is 9.37. The first kappa shape index (κ1) is 10.5. The average molecular weight is 228 g/mol. The molecule has 0 radical (unpaired) electrons. The highest BCUT2D eigenvalue weighted by Gasteiger charge is 2.27. The van der Waals surface area contributed by atoms with Gasteiger partial charge in [0.2, 0.25) is 0 Å². The van der Waals surface area contributed by atoms with Gasteiger partial charge in [0.1, 0.15) is 5.69 Å². The Kier molecular flexibility index (Phi) is 2.95. The van der Waals surface area contributed by atoms with E-state index in [0.717, 1.165) is 19.3 Å². The van der Waals surface area contributed by atoms with Gasteiger partial charge in [-0.3, -0.25) is 4.79 Å². The largest absolute Gasteiger partial charge is 0.346 e. The second-order valence-electron chi connectivity index (χ2n) is 3.95. The smallest absolute Gasteiger partial charge is 0.271 e. The molecule has 2 atom stereocenters. The highest BCUT2D eigenvalue weighted by Crippen LogP contribution is 2.24. The molecule has 2 rings (SSSR count). The molecule has 1 saturated carbocycles. The number of alkyl halides is 1. The van der Waals surface area contributed by atoms with Gasteiger partial charge in [-0.15, -0.1) is 11.6 Å². The van der Waals surface area contributed by atoms with Crippen LogP contribution in [0.4, 0.5) is 0 Å². The molecule has 0 aromatic carbocycles. The van der Waals surface area contributed by atoms with E-state index in [4.69, 9.17) is 11.6 Å². The molecule has 1 heterocycles. The molecule has 0 aliphatic heterocycles. The Morgan fingerprint density at radius 3 is 3.00 bits per heavy atom. The molecule has 82 valence electrons. The third-order valence-corrected chi connectivity index (χ3v) is 3.21. The van der Waals surface area contributed by atoms with Gasteiger partial charge in [0, 0.05) is 19.3 Å². The predicted molar refractivity (Wildman–Crippen MR) is 58.0 cm³/mol. The highest BCUT2D eigenvalue weighted by atomic mass is 35.5. The summed E-state index contributed by atoms with van der Waals surface area (Å²) in [6, 6.07) is 0.0983. The Morgan fingerprint density at radius 1 is 1.67 bits per heavy atom. The van der Waals surface area contributed by atoms with E-state index in [1.54, 1.807) is 17.1 Å². The minimum absolute atomic E-state index is 0.0673. The van der Waals surface area contributed by atoms with Gasteiger partial charge in [-0.1, -0.05) is 0 Å². The number of hydrogen-bond donors (Lipinski definition) is 1. The van der Waals surface area contributed by atoms with Crippen LogP contribution in [0, 0.1) is 0 Å². The maximum atomic E-state index is 11.7. The number of amides is 1. The molecular weight excluding hydrogens is 214 g/mol. The van der Waals surface area contributed by atoms with Crippen molar-refractivity contribution < 1.29 is 4.79 Å². The van der Waals surface area contributed by atoms with Gasteiger partial charge in [0.15, 0.2) is 0 Å². The van der Waals surface area contributed by atoms with Crippen molar-refractivity contribution in [2.75, 3.05) is 0 Å². The lowest BCUT2D eigenvalue weighted by Crippen LogP contribution is -2.38. The molecule has 1 amide bonds. The number of carbonyl (C=O) groups excluding carboxylic acids is 1. The molecule has 0 spiro atoms. The number of nitrogens with zero attached hydrogens (tertiary/aromatic N) is 2. The summed E-state index contributed by atoms with van der Waals surface area (Å²) in [4.78, 5) is 15.7. The lowest BCUT2D eigenvalue weighted by atomic mass is 10.2. The highest BCUT2D eigenvalue weighted by molar-refractivity contribution is 6.21. The number of aromatic nitrogens is 2.